The van der Waals surface area contributed by atoms with Crippen LogP contribution < -0.4 is 5.32 Å². The van der Waals surface area contributed by atoms with E-state index in [0.29, 0.717) is 5.91 Å². The minimum absolute atomic E-state index is 0.0827. The van der Waals surface area contributed by atoms with Crippen LogP contribution in [-0.2, 0) is 4.79 Å². The van der Waals surface area contributed by atoms with Crippen LogP contribution >= 0.6 is 0 Å². The molecule has 94 valence electrons. The van der Waals surface area contributed by atoms with Crippen molar-refractivity contribution in [1.29, 1.82) is 0 Å². The highest BCUT2D eigenvalue weighted by Gasteiger charge is 2.29. The number of nitrogens with zero attached hydrogens (tertiary/aromatic N) is 2. The fourth-order valence-corrected chi connectivity index (χ4v) is 2.01. The third-order valence-electron chi connectivity index (χ3n) is 3.02. The molecule has 1 amide bonds. The number of amides is 1. The van der Waals surface area contributed by atoms with Gasteiger partial charge in [-0.1, -0.05) is 19.8 Å². The quantitative estimate of drug-likeness (QED) is 0.701. The first-order chi connectivity index (χ1) is 7.65. The SMILES string of the molecule is CCCCC1NCN(CCCN(C)C)C1=O. The lowest BCUT2D eigenvalue weighted by molar-refractivity contribution is -0.129. The second-order valence-electron chi connectivity index (χ2n) is 4.82. The van der Waals surface area contributed by atoms with E-state index < -0.39 is 0 Å². The second kappa shape index (κ2) is 6.86. The lowest BCUT2D eigenvalue weighted by Gasteiger charge is -2.17. The van der Waals surface area contributed by atoms with Gasteiger partial charge in [-0.3, -0.25) is 10.1 Å². The van der Waals surface area contributed by atoms with Crippen LogP contribution in [0.25, 0.3) is 0 Å². The Hall–Kier alpha value is -0.610. The lowest BCUT2D eigenvalue weighted by Crippen LogP contribution is -2.32. The van der Waals surface area contributed by atoms with E-state index in [1.54, 1.807) is 0 Å². The Morgan fingerprint density at radius 2 is 2.19 bits per heavy atom. The summed E-state index contributed by atoms with van der Waals surface area (Å²) in [5.41, 5.74) is 0. The Bertz CT molecular complexity index is 218. The van der Waals surface area contributed by atoms with E-state index in [2.05, 4.69) is 31.2 Å². The second-order valence-corrected chi connectivity index (χ2v) is 4.82. The van der Waals surface area contributed by atoms with Gasteiger partial charge in [0.25, 0.3) is 0 Å². The van der Waals surface area contributed by atoms with Crippen molar-refractivity contribution in [2.75, 3.05) is 33.9 Å². The summed E-state index contributed by atoms with van der Waals surface area (Å²) in [6.45, 7) is 4.82. The van der Waals surface area contributed by atoms with Crippen LogP contribution in [0.3, 0.4) is 0 Å². The molecule has 0 aromatic heterocycles. The molecule has 1 heterocycles. The Morgan fingerprint density at radius 1 is 1.44 bits per heavy atom. The van der Waals surface area contributed by atoms with Gasteiger partial charge < -0.3 is 9.80 Å². The molecule has 4 heteroatoms. The van der Waals surface area contributed by atoms with Gasteiger partial charge in [0.15, 0.2) is 0 Å². The Kier molecular flexibility index (Phi) is 5.77. The monoisotopic (exact) mass is 227 g/mol. The molecule has 1 aliphatic rings. The van der Waals surface area contributed by atoms with Gasteiger partial charge in [-0.25, -0.2) is 0 Å². The van der Waals surface area contributed by atoms with Crippen LogP contribution in [0.2, 0.25) is 0 Å². The number of rotatable bonds is 7. The van der Waals surface area contributed by atoms with Gasteiger partial charge in [-0.2, -0.15) is 0 Å². The van der Waals surface area contributed by atoms with E-state index in [0.717, 1.165) is 45.4 Å². The summed E-state index contributed by atoms with van der Waals surface area (Å²) in [6.07, 6.45) is 4.33. The van der Waals surface area contributed by atoms with Crippen LogP contribution in [0, 0.1) is 0 Å². The van der Waals surface area contributed by atoms with Crippen molar-refractivity contribution in [3.8, 4) is 0 Å². The summed E-state index contributed by atoms with van der Waals surface area (Å²) in [6, 6.07) is 0.0827. The van der Waals surface area contributed by atoms with Gasteiger partial charge in [-0.05, 0) is 33.5 Å². The minimum atomic E-state index is 0.0827. The van der Waals surface area contributed by atoms with Crippen LogP contribution in [0.1, 0.15) is 32.6 Å². The number of nitrogens with one attached hydrogen (secondary N) is 1. The number of unbranched alkanes of at least 4 members (excludes halogenated alkanes) is 1. The Labute approximate surface area is 99.0 Å². The molecule has 1 unspecified atom stereocenters. The van der Waals surface area contributed by atoms with E-state index in [1.165, 1.54) is 0 Å². The zero-order valence-electron chi connectivity index (χ0n) is 10.8. The molecule has 1 fully saturated rings. The molecule has 1 N–H and O–H groups in total. The third kappa shape index (κ3) is 4.10. The smallest absolute Gasteiger partial charge is 0.240 e. The summed E-state index contributed by atoms with van der Waals surface area (Å²) >= 11 is 0. The predicted molar refractivity (Wildman–Crippen MR) is 66.2 cm³/mol. The fourth-order valence-electron chi connectivity index (χ4n) is 2.01. The van der Waals surface area contributed by atoms with Crippen molar-refractivity contribution in [1.82, 2.24) is 15.1 Å². The molecule has 0 spiro atoms. The molecule has 0 aliphatic carbocycles. The van der Waals surface area contributed by atoms with Crippen molar-refractivity contribution in [2.24, 2.45) is 0 Å². The fraction of sp³-hybridized carbons (Fsp3) is 0.917. The molecule has 0 saturated carbocycles. The number of hydrogen-bond donors (Lipinski definition) is 1. The number of hydrogen-bond acceptors (Lipinski definition) is 3. The predicted octanol–water partition coefficient (Wildman–Crippen LogP) is 0.886. The van der Waals surface area contributed by atoms with Crippen LogP contribution in [0.4, 0.5) is 0 Å². The van der Waals surface area contributed by atoms with Crippen molar-refractivity contribution in [2.45, 2.75) is 38.6 Å². The van der Waals surface area contributed by atoms with Gasteiger partial charge in [0.2, 0.25) is 5.91 Å². The molecule has 1 atom stereocenters. The molecular formula is C12H25N3O. The van der Waals surface area contributed by atoms with Crippen LogP contribution in [0.5, 0.6) is 0 Å². The van der Waals surface area contributed by atoms with E-state index in [1.807, 2.05) is 4.90 Å². The topological polar surface area (TPSA) is 35.6 Å². The van der Waals surface area contributed by atoms with E-state index in [4.69, 9.17) is 0 Å². The molecule has 4 nitrogen and oxygen atoms in total. The van der Waals surface area contributed by atoms with E-state index in [-0.39, 0.29) is 6.04 Å². The Morgan fingerprint density at radius 3 is 2.81 bits per heavy atom. The average Bonchev–Trinajstić information content (AvgIpc) is 2.57. The largest absolute Gasteiger partial charge is 0.329 e. The van der Waals surface area contributed by atoms with Gasteiger partial charge in [0, 0.05) is 6.54 Å². The maximum Gasteiger partial charge on any atom is 0.240 e. The van der Waals surface area contributed by atoms with Crippen molar-refractivity contribution >= 4 is 5.91 Å². The molecule has 0 radical (unpaired) electrons. The zero-order chi connectivity index (χ0) is 12.0. The highest BCUT2D eigenvalue weighted by Crippen LogP contribution is 2.10. The minimum Gasteiger partial charge on any atom is -0.329 e. The zero-order valence-corrected chi connectivity index (χ0v) is 10.8. The van der Waals surface area contributed by atoms with Gasteiger partial charge >= 0.3 is 0 Å². The molecule has 0 aromatic rings. The first-order valence-electron chi connectivity index (χ1n) is 6.32. The highest BCUT2D eigenvalue weighted by atomic mass is 16.2. The normalized spacial score (nSPS) is 21.1. The maximum atomic E-state index is 11.9. The third-order valence-corrected chi connectivity index (χ3v) is 3.02. The first-order valence-corrected chi connectivity index (χ1v) is 6.32. The van der Waals surface area contributed by atoms with Crippen molar-refractivity contribution < 1.29 is 4.79 Å². The molecule has 16 heavy (non-hydrogen) atoms. The first kappa shape index (κ1) is 13.5. The molecule has 0 aromatic carbocycles. The van der Waals surface area contributed by atoms with Crippen molar-refractivity contribution in [3.05, 3.63) is 0 Å². The average molecular weight is 227 g/mol. The summed E-state index contributed by atoms with van der Waals surface area (Å²) in [4.78, 5) is 16.0. The Balaban J connectivity index is 2.22. The summed E-state index contributed by atoms with van der Waals surface area (Å²) in [5.74, 6) is 0.298. The van der Waals surface area contributed by atoms with Crippen molar-refractivity contribution in [3.63, 3.8) is 0 Å². The van der Waals surface area contributed by atoms with Gasteiger partial charge in [0.05, 0.1) is 12.7 Å². The summed E-state index contributed by atoms with van der Waals surface area (Å²) in [7, 11) is 4.13. The van der Waals surface area contributed by atoms with E-state index in [9.17, 15) is 4.79 Å². The van der Waals surface area contributed by atoms with Gasteiger partial charge in [0.1, 0.15) is 0 Å². The molecule has 1 saturated heterocycles. The number of carbonyl (C=O) groups excluding carboxylic acids is 1. The molecule has 1 aliphatic heterocycles. The van der Waals surface area contributed by atoms with Crippen LogP contribution in [0.15, 0.2) is 0 Å². The van der Waals surface area contributed by atoms with Crippen LogP contribution in [-0.4, -0.2) is 55.6 Å². The maximum absolute atomic E-state index is 11.9. The standard InChI is InChI=1S/C12H25N3O/c1-4-5-7-11-12(16)15(10-13-11)9-6-8-14(2)3/h11,13H,4-10H2,1-3H3. The summed E-state index contributed by atoms with van der Waals surface area (Å²) < 4.78 is 0. The summed E-state index contributed by atoms with van der Waals surface area (Å²) in [5, 5.41) is 3.29. The van der Waals surface area contributed by atoms with Gasteiger partial charge in [-0.15, -0.1) is 0 Å². The number of carbonyl (C=O) groups is 1. The highest BCUT2D eigenvalue weighted by molar-refractivity contribution is 5.83. The van der Waals surface area contributed by atoms with E-state index >= 15 is 0 Å². The molecule has 1 rings (SSSR count). The lowest BCUT2D eigenvalue weighted by atomic mass is 10.1. The molecule has 0 bridgehead atoms. The molecular weight excluding hydrogens is 202 g/mol.